The van der Waals surface area contributed by atoms with E-state index in [1.165, 1.54) is 22.6 Å². The van der Waals surface area contributed by atoms with Gasteiger partial charge in [-0.1, -0.05) is 30.5 Å². The fourth-order valence-electron chi connectivity index (χ4n) is 3.44. The van der Waals surface area contributed by atoms with Crippen molar-refractivity contribution in [1.82, 2.24) is 0 Å². The summed E-state index contributed by atoms with van der Waals surface area (Å²) in [5.74, 6) is -0.168. The van der Waals surface area contributed by atoms with Crippen molar-refractivity contribution in [2.24, 2.45) is 0 Å². The number of nitrogens with one attached hydrogen (secondary N) is 1. The zero-order valence-electron chi connectivity index (χ0n) is 16.8. The van der Waals surface area contributed by atoms with E-state index in [2.05, 4.69) is 5.32 Å². The minimum absolute atomic E-state index is 0.297. The minimum Gasteiger partial charge on any atom is -0.481 e. The lowest BCUT2D eigenvalue weighted by Gasteiger charge is -2.15. The van der Waals surface area contributed by atoms with Crippen LogP contribution in [0.1, 0.15) is 60.3 Å². The monoisotopic (exact) mass is 435 g/mol. The maximum atomic E-state index is 12.8. The van der Waals surface area contributed by atoms with E-state index in [4.69, 9.17) is 21.1 Å². The highest BCUT2D eigenvalue weighted by molar-refractivity contribution is 7.17. The molecule has 0 saturated carbocycles. The van der Waals surface area contributed by atoms with Crippen molar-refractivity contribution in [3.8, 4) is 5.75 Å². The molecule has 1 heterocycles. The number of benzene rings is 1. The molecule has 0 aliphatic heterocycles. The molecule has 0 fully saturated rings. The molecule has 0 spiro atoms. The Kier molecular flexibility index (Phi) is 7.56. The lowest BCUT2D eigenvalue weighted by atomic mass is 9.96. The second-order valence-electron chi connectivity index (χ2n) is 7.05. The molecule has 156 valence electrons. The Labute approximate surface area is 180 Å². The van der Waals surface area contributed by atoms with Gasteiger partial charge < -0.3 is 14.8 Å². The zero-order chi connectivity index (χ0) is 20.8. The SMILES string of the molecule is CCOC(=O)c1c(NC(=O)C(C)Oc2cccc(Cl)c2)sc2c1CCCCCC2. The molecule has 1 aromatic heterocycles. The van der Waals surface area contributed by atoms with E-state index in [9.17, 15) is 9.59 Å². The Balaban J connectivity index is 1.82. The molecule has 0 saturated heterocycles. The predicted molar refractivity (Wildman–Crippen MR) is 116 cm³/mol. The predicted octanol–water partition coefficient (Wildman–Crippen LogP) is 5.64. The molecule has 1 aliphatic rings. The minimum atomic E-state index is -0.742. The molecule has 29 heavy (non-hydrogen) atoms. The van der Waals surface area contributed by atoms with Crippen LogP contribution in [-0.4, -0.2) is 24.6 Å². The molecular weight excluding hydrogens is 410 g/mol. The molecule has 1 atom stereocenters. The van der Waals surface area contributed by atoms with Crippen LogP contribution in [0.2, 0.25) is 5.02 Å². The van der Waals surface area contributed by atoms with Crippen molar-refractivity contribution in [3.63, 3.8) is 0 Å². The second kappa shape index (κ2) is 10.1. The smallest absolute Gasteiger partial charge is 0.341 e. The number of hydrogen-bond donors (Lipinski definition) is 1. The first-order chi connectivity index (χ1) is 14.0. The Morgan fingerprint density at radius 2 is 1.97 bits per heavy atom. The largest absolute Gasteiger partial charge is 0.481 e. The quantitative estimate of drug-likeness (QED) is 0.596. The number of carbonyl (C=O) groups is 2. The topological polar surface area (TPSA) is 64.6 Å². The number of esters is 1. The van der Waals surface area contributed by atoms with E-state index >= 15 is 0 Å². The lowest BCUT2D eigenvalue weighted by molar-refractivity contribution is -0.122. The lowest BCUT2D eigenvalue weighted by Crippen LogP contribution is -2.30. The maximum Gasteiger partial charge on any atom is 0.341 e. The number of rotatable bonds is 6. The molecule has 0 radical (unpaired) electrons. The third-order valence-corrected chi connectivity index (χ3v) is 6.31. The third kappa shape index (κ3) is 5.52. The van der Waals surface area contributed by atoms with Crippen LogP contribution in [-0.2, 0) is 22.4 Å². The van der Waals surface area contributed by atoms with Crippen LogP contribution in [0.25, 0.3) is 0 Å². The summed E-state index contributed by atoms with van der Waals surface area (Å²) in [6.45, 7) is 3.75. The molecule has 1 N–H and O–H groups in total. The summed E-state index contributed by atoms with van der Waals surface area (Å²) in [6.07, 6.45) is 5.51. The summed E-state index contributed by atoms with van der Waals surface area (Å²) in [5.41, 5.74) is 1.55. The van der Waals surface area contributed by atoms with E-state index in [1.807, 2.05) is 0 Å². The van der Waals surface area contributed by atoms with E-state index in [-0.39, 0.29) is 11.9 Å². The van der Waals surface area contributed by atoms with Gasteiger partial charge in [-0.15, -0.1) is 11.3 Å². The number of anilines is 1. The molecule has 7 heteroatoms. The van der Waals surface area contributed by atoms with Crippen LogP contribution in [0.15, 0.2) is 24.3 Å². The Morgan fingerprint density at radius 3 is 2.69 bits per heavy atom. The fraction of sp³-hybridized carbons (Fsp3) is 0.455. The van der Waals surface area contributed by atoms with Crippen LogP contribution >= 0.6 is 22.9 Å². The number of thiophene rings is 1. The zero-order valence-corrected chi connectivity index (χ0v) is 18.3. The fourth-order valence-corrected chi connectivity index (χ4v) is 4.90. The molecule has 3 rings (SSSR count). The summed E-state index contributed by atoms with van der Waals surface area (Å²) in [7, 11) is 0. The Bertz CT molecular complexity index is 880. The second-order valence-corrected chi connectivity index (χ2v) is 8.59. The molecule has 1 aromatic carbocycles. The van der Waals surface area contributed by atoms with Gasteiger partial charge >= 0.3 is 5.97 Å². The Morgan fingerprint density at radius 1 is 1.21 bits per heavy atom. The Hall–Kier alpha value is -2.05. The van der Waals surface area contributed by atoms with Gasteiger partial charge in [0.1, 0.15) is 10.8 Å². The summed E-state index contributed by atoms with van der Waals surface area (Å²) < 4.78 is 11.0. The highest BCUT2D eigenvalue weighted by atomic mass is 35.5. The van der Waals surface area contributed by atoms with Gasteiger partial charge in [-0.3, -0.25) is 4.79 Å². The molecular formula is C22H26ClNO4S. The van der Waals surface area contributed by atoms with Gasteiger partial charge in [0.15, 0.2) is 6.10 Å². The maximum absolute atomic E-state index is 12.8. The molecule has 2 aromatic rings. The number of fused-ring (bicyclic) bond motifs is 1. The van der Waals surface area contributed by atoms with Crippen molar-refractivity contribution in [3.05, 3.63) is 45.3 Å². The van der Waals surface area contributed by atoms with Crippen LogP contribution in [0.3, 0.4) is 0 Å². The molecule has 1 aliphatic carbocycles. The van der Waals surface area contributed by atoms with Crippen molar-refractivity contribution in [2.45, 2.75) is 58.5 Å². The van der Waals surface area contributed by atoms with Crippen LogP contribution in [0.4, 0.5) is 5.00 Å². The first kappa shape index (κ1) is 21.7. The first-order valence-corrected chi connectivity index (χ1v) is 11.2. The van der Waals surface area contributed by atoms with E-state index in [0.29, 0.717) is 27.9 Å². The number of halogens is 1. The normalized spacial score (nSPS) is 14.9. The van der Waals surface area contributed by atoms with Gasteiger partial charge in [0, 0.05) is 9.90 Å². The third-order valence-electron chi connectivity index (χ3n) is 4.87. The number of carbonyl (C=O) groups excluding carboxylic acids is 2. The number of ether oxygens (including phenoxy) is 2. The van der Waals surface area contributed by atoms with Gasteiger partial charge in [-0.2, -0.15) is 0 Å². The van der Waals surface area contributed by atoms with E-state index in [0.717, 1.165) is 37.7 Å². The average Bonchev–Trinajstić information content (AvgIpc) is 2.98. The molecule has 1 unspecified atom stereocenters. The van der Waals surface area contributed by atoms with Crippen molar-refractivity contribution in [1.29, 1.82) is 0 Å². The molecule has 1 amide bonds. The number of aryl methyl sites for hydroxylation is 1. The van der Waals surface area contributed by atoms with E-state index in [1.54, 1.807) is 38.1 Å². The summed E-state index contributed by atoms with van der Waals surface area (Å²) in [6, 6.07) is 6.91. The first-order valence-electron chi connectivity index (χ1n) is 10.0. The van der Waals surface area contributed by atoms with Crippen LogP contribution in [0.5, 0.6) is 5.75 Å². The number of hydrogen-bond acceptors (Lipinski definition) is 5. The van der Waals surface area contributed by atoms with Gasteiger partial charge in [0.25, 0.3) is 5.91 Å². The average molecular weight is 436 g/mol. The highest BCUT2D eigenvalue weighted by Gasteiger charge is 2.27. The molecule has 5 nitrogen and oxygen atoms in total. The van der Waals surface area contributed by atoms with Gasteiger partial charge in [-0.05, 0) is 63.3 Å². The van der Waals surface area contributed by atoms with Gasteiger partial charge in [0.2, 0.25) is 0 Å². The van der Waals surface area contributed by atoms with Crippen molar-refractivity contribution < 1.29 is 19.1 Å². The van der Waals surface area contributed by atoms with Crippen molar-refractivity contribution in [2.75, 3.05) is 11.9 Å². The van der Waals surface area contributed by atoms with Crippen molar-refractivity contribution >= 4 is 39.8 Å². The van der Waals surface area contributed by atoms with Gasteiger partial charge in [-0.25, -0.2) is 4.79 Å². The van der Waals surface area contributed by atoms with Crippen LogP contribution < -0.4 is 10.1 Å². The van der Waals surface area contributed by atoms with Gasteiger partial charge in [0.05, 0.1) is 12.2 Å². The number of amides is 1. The van der Waals surface area contributed by atoms with E-state index < -0.39 is 6.10 Å². The standard InChI is InChI=1S/C22H26ClNO4S/c1-3-27-22(26)19-17-11-6-4-5-7-12-18(17)29-21(19)24-20(25)14(2)28-16-10-8-9-15(23)13-16/h8-10,13-14H,3-7,11-12H2,1-2H3,(H,24,25). The highest BCUT2D eigenvalue weighted by Crippen LogP contribution is 2.37. The summed E-state index contributed by atoms with van der Waals surface area (Å²) in [5, 5.41) is 4.00. The summed E-state index contributed by atoms with van der Waals surface area (Å²) >= 11 is 7.46. The molecule has 0 bridgehead atoms. The van der Waals surface area contributed by atoms with Crippen LogP contribution in [0, 0.1) is 0 Å². The summed E-state index contributed by atoms with van der Waals surface area (Å²) in [4.78, 5) is 26.6.